The summed E-state index contributed by atoms with van der Waals surface area (Å²) in [6, 6.07) is 7.29. The number of hydrogen-bond donors (Lipinski definition) is 2. The topological polar surface area (TPSA) is 59.6 Å². The van der Waals surface area contributed by atoms with Crippen molar-refractivity contribution < 1.29 is 14.3 Å². The molecule has 0 heterocycles. The molecular weight excluding hydrogens is 256 g/mol. The van der Waals surface area contributed by atoms with E-state index in [0.717, 1.165) is 0 Å². The molecule has 0 aliphatic heterocycles. The summed E-state index contributed by atoms with van der Waals surface area (Å²) in [5.74, 6) is 0.545. The van der Waals surface area contributed by atoms with Crippen LogP contribution in [0.2, 0.25) is 0 Å². The fourth-order valence-corrected chi connectivity index (χ4v) is 1.32. The Balaban J connectivity index is 0.00000289. The second-order valence-electron chi connectivity index (χ2n) is 3.42. The molecule has 2 N–H and O–H groups in total. The summed E-state index contributed by atoms with van der Waals surface area (Å²) < 4.78 is 10.00. The zero-order chi connectivity index (χ0) is 12.5. The number of rotatable bonds is 7. The minimum atomic E-state index is -0.106. The normalized spacial score (nSPS) is 9.44. The number of hydrogen-bond acceptors (Lipinski definition) is 4. The number of methoxy groups -OCH3 is 2. The first-order chi connectivity index (χ1) is 8.27. The number of anilines is 1. The van der Waals surface area contributed by atoms with Gasteiger partial charge in [0.15, 0.2) is 0 Å². The summed E-state index contributed by atoms with van der Waals surface area (Å²) in [4.78, 5) is 11.6. The highest BCUT2D eigenvalue weighted by Gasteiger charge is 2.05. The standard InChI is InChI=1S/C12H18N2O3.ClH/c1-16-8-7-13-9-12(15)14-10-5-3-4-6-11(10)17-2;/h3-6,13H,7-9H2,1-2H3,(H,14,15);1H. The van der Waals surface area contributed by atoms with E-state index in [1.807, 2.05) is 12.1 Å². The first kappa shape index (κ1) is 16.7. The Bertz CT molecular complexity index is 361. The van der Waals surface area contributed by atoms with Crippen molar-refractivity contribution >= 4 is 24.0 Å². The van der Waals surface area contributed by atoms with E-state index in [1.165, 1.54) is 0 Å². The van der Waals surface area contributed by atoms with Crippen molar-refractivity contribution in [2.45, 2.75) is 0 Å². The number of nitrogens with one attached hydrogen (secondary N) is 2. The monoisotopic (exact) mass is 274 g/mol. The van der Waals surface area contributed by atoms with Gasteiger partial charge in [0.2, 0.25) is 5.91 Å². The predicted molar refractivity (Wildman–Crippen MR) is 73.6 cm³/mol. The number of halogens is 1. The molecule has 6 heteroatoms. The molecule has 0 aromatic heterocycles. The lowest BCUT2D eigenvalue weighted by Gasteiger charge is -2.10. The molecule has 0 spiro atoms. The number of carbonyl (C=O) groups excluding carboxylic acids is 1. The molecule has 0 fully saturated rings. The van der Waals surface area contributed by atoms with Gasteiger partial charge < -0.3 is 20.1 Å². The third kappa shape index (κ3) is 5.86. The van der Waals surface area contributed by atoms with Crippen LogP contribution in [0.1, 0.15) is 0 Å². The van der Waals surface area contributed by atoms with Crippen LogP contribution < -0.4 is 15.4 Å². The predicted octanol–water partition coefficient (Wildman–Crippen LogP) is 1.29. The largest absolute Gasteiger partial charge is 0.495 e. The van der Waals surface area contributed by atoms with Gasteiger partial charge in [0.1, 0.15) is 5.75 Å². The van der Waals surface area contributed by atoms with Gasteiger partial charge >= 0.3 is 0 Å². The molecule has 0 atom stereocenters. The summed E-state index contributed by atoms with van der Waals surface area (Å²) in [5, 5.41) is 5.74. The first-order valence-electron chi connectivity index (χ1n) is 5.40. The van der Waals surface area contributed by atoms with Crippen molar-refractivity contribution in [1.82, 2.24) is 5.32 Å². The Morgan fingerprint density at radius 2 is 2.00 bits per heavy atom. The van der Waals surface area contributed by atoms with Crippen LogP contribution in [0.3, 0.4) is 0 Å². The Morgan fingerprint density at radius 1 is 1.28 bits per heavy atom. The van der Waals surface area contributed by atoms with Gasteiger partial charge in [-0.1, -0.05) is 12.1 Å². The average Bonchev–Trinajstić information content (AvgIpc) is 2.35. The number of ether oxygens (including phenoxy) is 2. The zero-order valence-corrected chi connectivity index (χ0v) is 11.4. The molecule has 102 valence electrons. The van der Waals surface area contributed by atoms with E-state index in [0.29, 0.717) is 24.6 Å². The smallest absolute Gasteiger partial charge is 0.238 e. The fourth-order valence-electron chi connectivity index (χ4n) is 1.32. The number of amides is 1. The summed E-state index contributed by atoms with van der Waals surface area (Å²) in [7, 11) is 3.19. The van der Waals surface area contributed by atoms with Gasteiger partial charge in [-0.2, -0.15) is 0 Å². The van der Waals surface area contributed by atoms with Crippen molar-refractivity contribution in [3.05, 3.63) is 24.3 Å². The minimum absolute atomic E-state index is 0. The molecule has 0 unspecified atom stereocenters. The van der Waals surface area contributed by atoms with E-state index >= 15 is 0 Å². The molecule has 5 nitrogen and oxygen atoms in total. The van der Waals surface area contributed by atoms with Gasteiger partial charge in [-0.05, 0) is 12.1 Å². The van der Waals surface area contributed by atoms with Gasteiger partial charge in [0.25, 0.3) is 0 Å². The summed E-state index contributed by atoms with van der Waals surface area (Å²) in [5.41, 5.74) is 0.675. The maximum Gasteiger partial charge on any atom is 0.238 e. The van der Waals surface area contributed by atoms with Gasteiger partial charge in [-0.25, -0.2) is 0 Å². The summed E-state index contributed by atoms with van der Waals surface area (Å²) in [6.07, 6.45) is 0. The van der Waals surface area contributed by atoms with Crippen molar-refractivity contribution in [1.29, 1.82) is 0 Å². The van der Waals surface area contributed by atoms with E-state index in [-0.39, 0.29) is 24.9 Å². The molecule has 0 aliphatic rings. The lowest BCUT2D eigenvalue weighted by Crippen LogP contribution is -2.30. The van der Waals surface area contributed by atoms with Crippen LogP contribution in [0.25, 0.3) is 0 Å². The maximum atomic E-state index is 11.6. The summed E-state index contributed by atoms with van der Waals surface area (Å²) >= 11 is 0. The highest BCUT2D eigenvalue weighted by molar-refractivity contribution is 5.93. The Hall–Kier alpha value is -1.30. The van der Waals surface area contributed by atoms with Gasteiger partial charge in [0.05, 0.1) is 25.9 Å². The number of carbonyl (C=O) groups is 1. The second kappa shape index (κ2) is 9.70. The van der Waals surface area contributed by atoms with Crippen LogP contribution in [0.4, 0.5) is 5.69 Å². The van der Waals surface area contributed by atoms with E-state index in [9.17, 15) is 4.79 Å². The number of para-hydroxylation sites is 2. The third-order valence-electron chi connectivity index (χ3n) is 2.15. The second-order valence-corrected chi connectivity index (χ2v) is 3.42. The van der Waals surface area contributed by atoms with Crippen LogP contribution in [0, 0.1) is 0 Å². The zero-order valence-electron chi connectivity index (χ0n) is 10.6. The van der Waals surface area contributed by atoms with Gasteiger partial charge in [-0.3, -0.25) is 4.79 Å². The van der Waals surface area contributed by atoms with Crippen molar-refractivity contribution in [3.63, 3.8) is 0 Å². The van der Waals surface area contributed by atoms with Crippen molar-refractivity contribution in [2.24, 2.45) is 0 Å². The Kier molecular flexibility index (Phi) is 9.00. The molecule has 1 aromatic rings. The van der Waals surface area contributed by atoms with E-state index in [1.54, 1.807) is 26.4 Å². The molecular formula is C12H19ClN2O3. The molecule has 0 bridgehead atoms. The van der Waals surface area contributed by atoms with Crippen LogP contribution in [-0.4, -0.2) is 39.8 Å². The molecule has 1 aromatic carbocycles. The molecule has 1 rings (SSSR count). The maximum absolute atomic E-state index is 11.6. The number of benzene rings is 1. The molecule has 0 saturated heterocycles. The lowest BCUT2D eigenvalue weighted by atomic mass is 10.3. The average molecular weight is 275 g/mol. The SMILES string of the molecule is COCCNCC(=O)Nc1ccccc1OC.Cl. The van der Waals surface area contributed by atoms with E-state index < -0.39 is 0 Å². The van der Waals surface area contributed by atoms with Crippen LogP contribution >= 0.6 is 12.4 Å². The van der Waals surface area contributed by atoms with Crippen LogP contribution in [0.15, 0.2) is 24.3 Å². The first-order valence-corrected chi connectivity index (χ1v) is 5.40. The molecule has 1 amide bonds. The summed E-state index contributed by atoms with van der Waals surface area (Å²) in [6.45, 7) is 1.49. The quantitative estimate of drug-likeness (QED) is 0.736. The minimum Gasteiger partial charge on any atom is -0.495 e. The molecule has 0 radical (unpaired) electrons. The fraction of sp³-hybridized carbons (Fsp3) is 0.417. The highest BCUT2D eigenvalue weighted by Crippen LogP contribution is 2.22. The van der Waals surface area contributed by atoms with E-state index in [2.05, 4.69) is 10.6 Å². The highest BCUT2D eigenvalue weighted by atomic mass is 35.5. The van der Waals surface area contributed by atoms with Gasteiger partial charge in [0, 0.05) is 13.7 Å². The lowest BCUT2D eigenvalue weighted by molar-refractivity contribution is -0.115. The van der Waals surface area contributed by atoms with Crippen LogP contribution in [0.5, 0.6) is 5.75 Å². The Morgan fingerprint density at radius 3 is 2.67 bits per heavy atom. The molecule has 18 heavy (non-hydrogen) atoms. The van der Waals surface area contributed by atoms with Crippen LogP contribution in [-0.2, 0) is 9.53 Å². The van der Waals surface area contributed by atoms with Crippen molar-refractivity contribution in [2.75, 3.05) is 39.2 Å². The molecule has 0 aliphatic carbocycles. The van der Waals surface area contributed by atoms with Gasteiger partial charge in [-0.15, -0.1) is 12.4 Å². The molecule has 0 saturated carbocycles. The Labute approximate surface area is 113 Å². The van der Waals surface area contributed by atoms with E-state index in [4.69, 9.17) is 9.47 Å². The third-order valence-corrected chi connectivity index (χ3v) is 2.15. The van der Waals surface area contributed by atoms with Crippen molar-refractivity contribution in [3.8, 4) is 5.75 Å².